The van der Waals surface area contributed by atoms with Crippen LogP contribution < -0.4 is 0 Å². The summed E-state index contributed by atoms with van der Waals surface area (Å²) in [6.07, 6.45) is -5.48. The molecular formula is C6H4Cl3F3O2. The third-order valence-electron chi connectivity index (χ3n) is 1.09. The second kappa shape index (κ2) is 4.59. The third kappa shape index (κ3) is 4.39. The lowest BCUT2D eigenvalue weighted by molar-refractivity contribution is -0.141. The molecule has 0 heterocycles. The van der Waals surface area contributed by atoms with Crippen molar-refractivity contribution in [3.63, 3.8) is 0 Å². The topological polar surface area (TPSA) is 37.3 Å². The second-order valence-corrected chi connectivity index (χ2v) is 4.28. The maximum absolute atomic E-state index is 12.0. The first-order valence-corrected chi connectivity index (χ1v) is 4.23. The molecule has 0 bridgehead atoms. The highest BCUT2D eigenvalue weighted by Gasteiger charge is 2.52. The van der Waals surface area contributed by atoms with Crippen molar-refractivity contribution in [2.75, 3.05) is 0 Å². The van der Waals surface area contributed by atoms with Gasteiger partial charge in [0.05, 0.1) is 0 Å². The van der Waals surface area contributed by atoms with Crippen LogP contribution in [0.15, 0.2) is 11.1 Å². The van der Waals surface area contributed by atoms with Gasteiger partial charge in [0.15, 0.2) is 0 Å². The highest BCUT2D eigenvalue weighted by Crippen LogP contribution is 2.44. The van der Waals surface area contributed by atoms with E-state index in [1.54, 1.807) is 0 Å². The molecule has 0 amide bonds. The Hall–Kier alpha value is -0.130. The summed E-state index contributed by atoms with van der Waals surface area (Å²) in [5, 5.41) is 7.57. The average Bonchev–Trinajstić information content (AvgIpc) is 1.79. The van der Waals surface area contributed by atoms with Gasteiger partial charge >= 0.3 is 12.1 Å². The molecule has 1 N–H and O–H groups in total. The fourth-order valence-corrected chi connectivity index (χ4v) is 1.22. The van der Waals surface area contributed by atoms with Crippen LogP contribution in [0.2, 0.25) is 0 Å². The average molecular weight is 271 g/mol. The van der Waals surface area contributed by atoms with Gasteiger partial charge in [-0.3, -0.25) is 0 Å². The van der Waals surface area contributed by atoms with Crippen LogP contribution in [0.5, 0.6) is 0 Å². The number of carbonyl (C=O) groups is 1. The Morgan fingerprint density at radius 2 is 1.79 bits per heavy atom. The molecule has 0 saturated heterocycles. The Kier molecular flexibility index (Phi) is 4.55. The van der Waals surface area contributed by atoms with Crippen LogP contribution in [0.4, 0.5) is 13.2 Å². The van der Waals surface area contributed by atoms with Crippen LogP contribution in [-0.4, -0.2) is 21.6 Å². The Labute approximate surface area is 92.2 Å². The quantitative estimate of drug-likeness (QED) is 0.631. The van der Waals surface area contributed by atoms with Gasteiger partial charge < -0.3 is 5.11 Å². The predicted octanol–water partition coefficient (Wildman–Crippen LogP) is 3.32. The number of hydrogen-bond donors (Lipinski definition) is 1. The van der Waals surface area contributed by atoms with E-state index in [-0.39, 0.29) is 0 Å². The van der Waals surface area contributed by atoms with Gasteiger partial charge in [-0.1, -0.05) is 34.8 Å². The summed E-state index contributed by atoms with van der Waals surface area (Å²) in [7, 11) is 0. The lowest BCUT2D eigenvalue weighted by Crippen LogP contribution is -2.34. The molecule has 8 heteroatoms. The van der Waals surface area contributed by atoms with E-state index in [0.717, 1.165) is 0 Å². The fourth-order valence-electron chi connectivity index (χ4n) is 0.497. The minimum Gasteiger partial charge on any atom is -0.478 e. The van der Waals surface area contributed by atoms with E-state index in [1.165, 1.54) is 0 Å². The molecule has 0 aliphatic heterocycles. The molecule has 0 aromatic rings. The van der Waals surface area contributed by atoms with Gasteiger partial charge in [-0.25, -0.2) is 4.79 Å². The SMILES string of the molecule is O=C(O)C=C(Cl)CC(Cl)(Cl)C(F)(F)F. The smallest absolute Gasteiger partial charge is 0.421 e. The molecule has 0 aromatic carbocycles. The number of carboxylic acids is 1. The first-order valence-electron chi connectivity index (χ1n) is 3.10. The Morgan fingerprint density at radius 3 is 2.07 bits per heavy atom. The number of alkyl halides is 5. The van der Waals surface area contributed by atoms with Crippen molar-refractivity contribution in [3.8, 4) is 0 Å². The van der Waals surface area contributed by atoms with E-state index >= 15 is 0 Å². The number of halogens is 6. The van der Waals surface area contributed by atoms with Crippen molar-refractivity contribution in [2.45, 2.75) is 16.9 Å². The molecule has 0 aliphatic rings. The monoisotopic (exact) mass is 270 g/mol. The van der Waals surface area contributed by atoms with Crippen molar-refractivity contribution in [2.24, 2.45) is 0 Å². The number of aliphatic carboxylic acids is 1. The summed E-state index contributed by atoms with van der Waals surface area (Å²) in [4.78, 5) is 10.0. The third-order valence-corrected chi connectivity index (χ3v) is 2.02. The molecule has 0 fully saturated rings. The molecule has 0 atom stereocenters. The Morgan fingerprint density at radius 1 is 1.36 bits per heavy atom. The number of hydrogen-bond acceptors (Lipinski definition) is 1. The highest BCUT2D eigenvalue weighted by atomic mass is 35.5. The fraction of sp³-hybridized carbons (Fsp3) is 0.500. The van der Waals surface area contributed by atoms with Gasteiger partial charge in [0.1, 0.15) is 0 Å². The first-order chi connectivity index (χ1) is 6.06. The lowest BCUT2D eigenvalue weighted by Gasteiger charge is -2.21. The standard InChI is InChI=1S/C6H4Cl3F3O2/c7-3(1-4(13)14)2-5(8,9)6(10,11)12/h1H,2H2,(H,13,14). The zero-order chi connectivity index (χ0) is 11.6. The number of allylic oxidation sites excluding steroid dienone is 1. The number of rotatable bonds is 3. The van der Waals surface area contributed by atoms with Gasteiger partial charge in [-0.15, -0.1) is 0 Å². The summed E-state index contributed by atoms with van der Waals surface area (Å²) < 4.78 is 33.0. The summed E-state index contributed by atoms with van der Waals surface area (Å²) in [5.74, 6) is -1.47. The van der Waals surface area contributed by atoms with Crippen LogP contribution in [0.3, 0.4) is 0 Å². The molecular weight excluding hydrogens is 267 g/mol. The Bertz CT molecular complexity index is 260. The van der Waals surface area contributed by atoms with Crippen LogP contribution in [0.1, 0.15) is 6.42 Å². The number of carboxylic acid groups (broad SMARTS) is 1. The molecule has 0 aliphatic carbocycles. The lowest BCUT2D eigenvalue weighted by atomic mass is 10.2. The predicted molar refractivity (Wildman–Crippen MR) is 46.7 cm³/mol. The second-order valence-electron chi connectivity index (χ2n) is 2.31. The minimum absolute atomic E-state index is 0.396. The van der Waals surface area contributed by atoms with Crippen molar-refractivity contribution >= 4 is 40.8 Å². The van der Waals surface area contributed by atoms with Crippen molar-refractivity contribution in [1.29, 1.82) is 0 Å². The molecule has 0 aromatic heterocycles. The summed E-state index contributed by atoms with van der Waals surface area (Å²) >= 11 is 15.0. The minimum atomic E-state index is -4.87. The van der Waals surface area contributed by atoms with Gasteiger partial charge in [0.2, 0.25) is 4.33 Å². The van der Waals surface area contributed by atoms with Crippen LogP contribution in [0, 0.1) is 0 Å². The summed E-state index contributed by atoms with van der Waals surface area (Å²) in [5.41, 5.74) is 0. The van der Waals surface area contributed by atoms with Gasteiger partial charge in [-0.05, 0) is 0 Å². The molecule has 0 spiro atoms. The Balaban J connectivity index is 4.60. The van der Waals surface area contributed by atoms with Gasteiger partial charge in [-0.2, -0.15) is 13.2 Å². The van der Waals surface area contributed by atoms with E-state index in [1.807, 2.05) is 0 Å². The van der Waals surface area contributed by atoms with Crippen LogP contribution in [-0.2, 0) is 4.79 Å². The molecule has 0 rings (SSSR count). The van der Waals surface area contributed by atoms with Crippen molar-refractivity contribution in [1.82, 2.24) is 0 Å². The molecule has 82 valence electrons. The van der Waals surface area contributed by atoms with Gasteiger partial charge in [0, 0.05) is 17.5 Å². The first kappa shape index (κ1) is 13.9. The maximum Gasteiger partial charge on any atom is 0.421 e. The van der Waals surface area contributed by atoms with Crippen molar-refractivity contribution in [3.05, 3.63) is 11.1 Å². The maximum atomic E-state index is 12.0. The van der Waals surface area contributed by atoms with Crippen LogP contribution in [0.25, 0.3) is 0 Å². The zero-order valence-corrected chi connectivity index (χ0v) is 8.68. The largest absolute Gasteiger partial charge is 0.478 e. The molecule has 0 radical (unpaired) electrons. The van der Waals surface area contributed by atoms with E-state index in [9.17, 15) is 18.0 Å². The van der Waals surface area contributed by atoms with Crippen molar-refractivity contribution < 1.29 is 23.1 Å². The van der Waals surface area contributed by atoms with E-state index in [2.05, 4.69) is 0 Å². The summed E-state index contributed by atoms with van der Waals surface area (Å²) in [6, 6.07) is 0. The van der Waals surface area contributed by atoms with Gasteiger partial charge in [0.25, 0.3) is 0 Å². The van der Waals surface area contributed by atoms with Crippen LogP contribution >= 0.6 is 34.8 Å². The molecule has 2 nitrogen and oxygen atoms in total. The molecule has 0 unspecified atom stereocenters. The van der Waals surface area contributed by atoms with E-state index in [0.29, 0.717) is 6.08 Å². The van der Waals surface area contributed by atoms with E-state index in [4.69, 9.17) is 39.9 Å². The summed E-state index contributed by atoms with van der Waals surface area (Å²) in [6.45, 7) is 0. The zero-order valence-electron chi connectivity index (χ0n) is 6.41. The molecule has 14 heavy (non-hydrogen) atoms. The highest BCUT2D eigenvalue weighted by molar-refractivity contribution is 6.49. The normalized spacial score (nSPS) is 14.3. The van der Waals surface area contributed by atoms with E-state index < -0.39 is 27.9 Å². The molecule has 0 saturated carbocycles.